The molecule has 9 nitrogen and oxygen atoms in total. The maximum atomic E-state index is 12.9. The topological polar surface area (TPSA) is 121 Å². The number of imidazole rings is 2. The van der Waals surface area contributed by atoms with E-state index >= 15 is 0 Å². The summed E-state index contributed by atoms with van der Waals surface area (Å²) in [5.74, 6) is 1.21. The average Bonchev–Trinajstić information content (AvgIpc) is 3.54. The highest BCUT2D eigenvalue weighted by Gasteiger charge is 2.18. The number of hydrogen-bond donors (Lipinski definition) is 4. The van der Waals surface area contributed by atoms with Crippen molar-refractivity contribution in [2.45, 2.75) is 19.4 Å². The van der Waals surface area contributed by atoms with Crippen molar-refractivity contribution in [1.29, 1.82) is 0 Å². The molecule has 1 atom stereocenters. The number of nitrogens with one attached hydrogen (secondary N) is 3. The number of aromatic nitrogens is 5. The number of nitrogens with zero attached hydrogens (tertiary/aromatic N) is 3. The minimum absolute atomic E-state index is 0.114. The SMILES string of the molecule is COc1cccc(C[C@@H](CO)Nc2cc[nH]c(=O)c2-c2nc3c(C)cc(-n4ccnc4)cc3[nH]2)c1. The molecule has 9 heteroatoms. The van der Waals surface area contributed by atoms with Gasteiger partial charge in [0.2, 0.25) is 0 Å². The average molecular weight is 471 g/mol. The Bertz CT molecular complexity index is 1520. The van der Waals surface area contributed by atoms with Crippen LogP contribution in [-0.2, 0) is 6.42 Å². The van der Waals surface area contributed by atoms with Gasteiger partial charge < -0.3 is 29.7 Å². The molecule has 35 heavy (non-hydrogen) atoms. The number of rotatable bonds is 8. The first-order chi connectivity index (χ1) is 17.1. The molecule has 0 amide bonds. The Hall–Kier alpha value is -4.37. The standard InChI is InChI=1S/C26H26N6O3/c1-16-10-19(32-9-8-27-15-32)13-22-24(16)31-25(30-22)23-21(6-7-28-26(23)34)29-18(14-33)11-17-4-3-5-20(12-17)35-2/h3-10,12-13,15,18,33H,11,14H2,1-2H3,(H,30,31)(H2,28,29,34)/t18-/m0/s1. The summed E-state index contributed by atoms with van der Waals surface area (Å²) in [6.07, 6.45) is 7.47. The molecule has 4 N–H and O–H groups in total. The summed E-state index contributed by atoms with van der Waals surface area (Å²) in [7, 11) is 1.62. The Labute approximate surface area is 201 Å². The summed E-state index contributed by atoms with van der Waals surface area (Å²) in [5.41, 5.74) is 5.22. The predicted octanol–water partition coefficient (Wildman–Crippen LogP) is 3.44. The number of aliphatic hydroxyl groups is 1. The molecule has 5 rings (SSSR count). The fourth-order valence-corrected chi connectivity index (χ4v) is 4.25. The zero-order valence-corrected chi connectivity index (χ0v) is 19.4. The van der Waals surface area contributed by atoms with E-state index in [2.05, 4.69) is 20.3 Å². The highest BCUT2D eigenvalue weighted by atomic mass is 16.5. The number of aromatic amines is 2. The van der Waals surface area contributed by atoms with E-state index in [4.69, 9.17) is 9.72 Å². The lowest BCUT2D eigenvalue weighted by atomic mass is 10.1. The molecule has 0 saturated carbocycles. The van der Waals surface area contributed by atoms with E-state index in [-0.39, 0.29) is 18.2 Å². The Balaban J connectivity index is 1.50. The van der Waals surface area contributed by atoms with Crippen LogP contribution in [-0.4, -0.2) is 49.4 Å². The summed E-state index contributed by atoms with van der Waals surface area (Å²) in [6.45, 7) is 1.87. The molecular weight excluding hydrogens is 444 g/mol. The van der Waals surface area contributed by atoms with Crippen LogP contribution in [0.5, 0.6) is 5.75 Å². The van der Waals surface area contributed by atoms with E-state index in [1.165, 1.54) is 0 Å². The molecule has 0 saturated heterocycles. The summed E-state index contributed by atoms with van der Waals surface area (Å²) < 4.78 is 7.22. The summed E-state index contributed by atoms with van der Waals surface area (Å²) in [4.78, 5) is 27.8. The van der Waals surface area contributed by atoms with Gasteiger partial charge in [0.25, 0.3) is 5.56 Å². The molecule has 0 aliphatic heterocycles. The van der Waals surface area contributed by atoms with Crippen molar-refractivity contribution >= 4 is 16.7 Å². The number of pyridine rings is 1. The lowest BCUT2D eigenvalue weighted by Crippen LogP contribution is -2.28. The van der Waals surface area contributed by atoms with Gasteiger partial charge in [-0.15, -0.1) is 0 Å². The number of aliphatic hydroxyl groups excluding tert-OH is 1. The van der Waals surface area contributed by atoms with Gasteiger partial charge in [-0.2, -0.15) is 0 Å². The second-order valence-electron chi connectivity index (χ2n) is 8.39. The minimum Gasteiger partial charge on any atom is -0.497 e. The highest BCUT2D eigenvalue weighted by molar-refractivity contribution is 5.86. The molecule has 2 aromatic carbocycles. The molecule has 0 fully saturated rings. The number of anilines is 1. The monoisotopic (exact) mass is 470 g/mol. The van der Waals surface area contributed by atoms with Gasteiger partial charge in [-0.1, -0.05) is 12.1 Å². The fourth-order valence-electron chi connectivity index (χ4n) is 4.25. The van der Waals surface area contributed by atoms with E-state index in [1.807, 2.05) is 54.1 Å². The molecule has 0 aliphatic rings. The van der Waals surface area contributed by atoms with Crippen molar-refractivity contribution in [3.8, 4) is 22.8 Å². The maximum Gasteiger partial charge on any atom is 0.261 e. The molecular formula is C26H26N6O3. The van der Waals surface area contributed by atoms with Gasteiger partial charge in [0.15, 0.2) is 0 Å². The predicted molar refractivity (Wildman–Crippen MR) is 135 cm³/mol. The zero-order chi connectivity index (χ0) is 24.4. The quantitative estimate of drug-likeness (QED) is 0.276. The summed E-state index contributed by atoms with van der Waals surface area (Å²) in [5, 5.41) is 13.4. The van der Waals surface area contributed by atoms with Gasteiger partial charge >= 0.3 is 0 Å². The molecule has 3 aromatic heterocycles. The Morgan fingerprint density at radius 1 is 1.23 bits per heavy atom. The largest absolute Gasteiger partial charge is 0.497 e. The van der Waals surface area contributed by atoms with Crippen LogP contribution in [0.2, 0.25) is 0 Å². The van der Waals surface area contributed by atoms with Crippen molar-refractivity contribution in [2.75, 3.05) is 19.0 Å². The molecule has 0 spiro atoms. The number of fused-ring (bicyclic) bond motifs is 1. The normalized spacial score (nSPS) is 12.1. The fraction of sp³-hybridized carbons (Fsp3) is 0.192. The first-order valence-corrected chi connectivity index (χ1v) is 11.3. The molecule has 3 heterocycles. The van der Waals surface area contributed by atoms with Gasteiger partial charge in [0.05, 0.1) is 42.8 Å². The van der Waals surface area contributed by atoms with Crippen LogP contribution in [0.25, 0.3) is 28.1 Å². The molecule has 0 bridgehead atoms. The van der Waals surface area contributed by atoms with Crippen LogP contribution in [0.4, 0.5) is 5.69 Å². The lowest BCUT2D eigenvalue weighted by Gasteiger charge is -2.19. The van der Waals surface area contributed by atoms with Crippen LogP contribution in [0, 0.1) is 6.92 Å². The lowest BCUT2D eigenvalue weighted by molar-refractivity contribution is 0.273. The van der Waals surface area contributed by atoms with Crippen molar-refractivity contribution in [2.24, 2.45) is 0 Å². The molecule has 5 aromatic rings. The van der Waals surface area contributed by atoms with Gasteiger partial charge in [-0.05, 0) is 54.8 Å². The Morgan fingerprint density at radius 3 is 2.89 bits per heavy atom. The molecule has 0 unspecified atom stereocenters. The van der Waals surface area contributed by atoms with Crippen molar-refractivity contribution in [3.63, 3.8) is 0 Å². The van der Waals surface area contributed by atoms with Crippen LogP contribution in [0.3, 0.4) is 0 Å². The zero-order valence-electron chi connectivity index (χ0n) is 19.4. The third-order valence-corrected chi connectivity index (χ3v) is 5.96. The van der Waals surface area contributed by atoms with Gasteiger partial charge in [-0.3, -0.25) is 4.79 Å². The smallest absolute Gasteiger partial charge is 0.261 e. The van der Waals surface area contributed by atoms with E-state index in [9.17, 15) is 9.90 Å². The minimum atomic E-state index is -0.318. The number of hydrogen-bond acceptors (Lipinski definition) is 6. The van der Waals surface area contributed by atoms with Crippen LogP contribution in [0.15, 0.2) is 72.2 Å². The number of H-pyrrole nitrogens is 2. The molecule has 0 aliphatic carbocycles. The number of aryl methyl sites for hydroxylation is 1. The van der Waals surface area contributed by atoms with Crippen molar-refractivity contribution in [1.82, 2.24) is 24.5 Å². The third-order valence-electron chi connectivity index (χ3n) is 5.96. The van der Waals surface area contributed by atoms with Crippen molar-refractivity contribution in [3.05, 3.63) is 88.9 Å². The number of benzene rings is 2. The molecule has 0 radical (unpaired) electrons. The second-order valence-corrected chi connectivity index (χ2v) is 8.39. The van der Waals surface area contributed by atoms with E-state index in [0.29, 0.717) is 23.5 Å². The first kappa shape index (κ1) is 22.4. The van der Waals surface area contributed by atoms with Crippen molar-refractivity contribution < 1.29 is 9.84 Å². The van der Waals surface area contributed by atoms with Crippen LogP contribution >= 0.6 is 0 Å². The second kappa shape index (κ2) is 9.47. The maximum absolute atomic E-state index is 12.9. The van der Waals surface area contributed by atoms with Crippen LogP contribution in [0.1, 0.15) is 11.1 Å². The van der Waals surface area contributed by atoms with Crippen LogP contribution < -0.4 is 15.6 Å². The highest BCUT2D eigenvalue weighted by Crippen LogP contribution is 2.28. The van der Waals surface area contributed by atoms with E-state index in [0.717, 1.165) is 33.6 Å². The third kappa shape index (κ3) is 4.53. The summed E-state index contributed by atoms with van der Waals surface area (Å²) in [6, 6.07) is 13.2. The molecule has 178 valence electrons. The van der Waals surface area contributed by atoms with E-state index < -0.39 is 0 Å². The van der Waals surface area contributed by atoms with Gasteiger partial charge in [-0.25, -0.2) is 9.97 Å². The Morgan fingerprint density at radius 2 is 2.11 bits per heavy atom. The van der Waals surface area contributed by atoms with Gasteiger partial charge in [0, 0.05) is 24.3 Å². The summed E-state index contributed by atoms with van der Waals surface area (Å²) >= 11 is 0. The van der Waals surface area contributed by atoms with Gasteiger partial charge in [0.1, 0.15) is 17.1 Å². The van der Waals surface area contributed by atoms with E-state index in [1.54, 1.807) is 31.9 Å². The first-order valence-electron chi connectivity index (χ1n) is 11.3. The number of methoxy groups -OCH3 is 1. The Kier molecular flexibility index (Phi) is 6.07. The number of ether oxygens (including phenoxy) is 1.